The summed E-state index contributed by atoms with van der Waals surface area (Å²) < 4.78 is 17.9. The van der Waals surface area contributed by atoms with E-state index in [4.69, 9.17) is 10.5 Å². The molecule has 94 valence electrons. The highest BCUT2D eigenvalue weighted by molar-refractivity contribution is 7.85. The molecule has 17 heavy (non-hydrogen) atoms. The molecule has 0 aromatic heterocycles. The molecule has 0 saturated carbocycles. The number of nitrogens with two attached hydrogens (primary N) is 1. The van der Waals surface area contributed by atoms with Gasteiger partial charge in [0.25, 0.3) is 0 Å². The maximum absolute atomic E-state index is 12.2. The Morgan fingerprint density at radius 3 is 2.88 bits per heavy atom. The van der Waals surface area contributed by atoms with Crippen LogP contribution in [0.2, 0.25) is 0 Å². The van der Waals surface area contributed by atoms with Crippen LogP contribution in [-0.2, 0) is 15.5 Å². The molecule has 2 rings (SSSR count). The average molecular weight is 253 g/mol. The molecule has 1 aliphatic heterocycles. The molecule has 1 aromatic carbocycles. The third kappa shape index (κ3) is 2.87. The van der Waals surface area contributed by atoms with Crippen LogP contribution >= 0.6 is 0 Å². The van der Waals surface area contributed by atoms with E-state index in [-0.39, 0.29) is 6.10 Å². The Morgan fingerprint density at radius 1 is 1.47 bits per heavy atom. The number of hydrogen-bond donors (Lipinski definition) is 1. The molecule has 1 aliphatic rings. The summed E-state index contributed by atoms with van der Waals surface area (Å²) in [7, 11) is -1.06. The van der Waals surface area contributed by atoms with Gasteiger partial charge in [-0.15, -0.1) is 0 Å². The van der Waals surface area contributed by atoms with E-state index in [0.29, 0.717) is 17.5 Å². The first-order valence-electron chi connectivity index (χ1n) is 5.97. The van der Waals surface area contributed by atoms with Crippen molar-refractivity contribution in [2.24, 2.45) is 0 Å². The fraction of sp³-hybridized carbons (Fsp3) is 0.538. The first-order chi connectivity index (χ1) is 8.08. The number of hydrogen-bond acceptors (Lipinski definition) is 3. The molecule has 3 unspecified atom stereocenters. The van der Waals surface area contributed by atoms with Crippen molar-refractivity contribution in [3.05, 3.63) is 23.8 Å². The van der Waals surface area contributed by atoms with Crippen molar-refractivity contribution in [2.75, 3.05) is 11.5 Å². The van der Waals surface area contributed by atoms with Crippen LogP contribution in [-0.4, -0.2) is 22.2 Å². The first-order valence-corrected chi connectivity index (χ1v) is 7.28. The summed E-state index contributed by atoms with van der Waals surface area (Å²) in [5.74, 6) is 0.554. The second-order valence-corrected chi connectivity index (χ2v) is 6.11. The lowest BCUT2D eigenvalue weighted by Crippen LogP contribution is -2.18. The summed E-state index contributed by atoms with van der Waals surface area (Å²) in [6.45, 7) is 3.99. The summed E-state index contributed by atoms with van der Waals surface area (Å²) in [6, 6.07) is 5.68. The van der Waals surface area contributed by atoms with Crippen molar-refractivity contribution in [1.29, 1.82) is 0 Å². The highest BCUT2D eigenvalue weighted by Crippen LogP contribution is 2.24. The number of nitrogen functional groups attached to an aromatic ring is 1. The van der Waals surface area contributed by atoms with Crippen LogP contribution in [0.1, 0.15) is 25.3 Å². The second kappa shape index (κ2) is 5.19. The van der Waals surface area contributed by atoms with Crippen LogP contribution in [0, 0.1) is 6.92 Å². The third-order valence-electron chi connectivity index (χ3n) is 3.19. The summed E-state index contributed by atoms with van der Waals surface area (Å²) in [5, 5.41) is 0. The van der Waals surface area contributed by atoms with E-state index in [9.17, 15) is 4.21 Å². The van der Waals surface area contributed by atoms with E-state index in [1.54, 1.807) is 0 Å². The Labute approximate surface area is 105 Å². The molecule has 0 radical (unpaired) electrons. The fourth-order valence-electron chi connectivity index (χ4n) is 2.12. The molecule has 1 saturated heterocycles. The van der Waals surface area contributed by atoms with Crippen molar-refractivity contribution >= 4 is 16.5 Å². The highest BCUT2D eigenvalue weighted by atomic mass is 32.2. The first kappa shape index (κ1) is 12.6. The molecule has 0 spiro atoms. The van der Waals surface area contributed by atoms with Gasteiger partial charge in [-0.2, -0.15) is 0 Å². The average Bonchev–Trinajstić information content (AvgIpc) is 2.68. The molecular formula is C13H19NO2S. The van der Waals surface area contributed by atoms with Gasteiger partial charge in [0.05, 0.1) is 39.3 Å². The van der Waals surface area contributed by atoms with Crippen LogP contribution in [0.3, 0.4) is 0 Å². The zero-order valence-corrected chi connectivity index (χ0v) is 11.1. The molecule has 1 fully saturated rings. The minimum Gasteiger partial charge on any atom is -0.398 e. The lowest BCUT2D eigenvalue weighted by molar-refractivity contribution is 0.0695. The topological polar surface area (TPSA) is 52.3 Å². The molecule has 0 aliphatic carbocycles. The van der Waals surface area contributed by atoms with Crippen LogP contribution in [0.4, 0.5) is 5.69 Å². The van der Waals surface area contributed by atoms with Crippen molar-refractivity contribution < 1.29 is 8.95 Å². The number of benzene rings is 1. The van der Waals surface area contributed by atoms with Crippen molar-refractivity contribution in [2.45, 2.75) is 43.8 Å². The number of para-hydroxylation sites is 1. The Bertz CT molecular complexity index is 433. The Balaban J connectivity index is 2.07. The van der Waals surface area contributed by atoms with Crippen molar-refractivity contribution in [3.63, 3.8) is 0 Å². The maximum atomic E-state index is 12.2. The van der Waals surface area contributed by atoms with Crippen LogP contribution in [0.5, 0.6) is 0 Å². The lowest BCUT2D eigenvalue weighted by atomic mass is 10.2. The number of aryl methyl sites for hydroxylation is 1. The van der Waals surface area contributed by atoms with E-state index in [1.165, 1.54) is 0 Å². The zero-order valence-electron chi connectivity index (χ0n) is 10.3. The summed E-state index contributed by atoms with van der Waals surface area (Å²) >= 11 is 0. The van der Waals surface area contributed by atoms with E-state index in [0.717, 1.165) is 23.3 Å². The van der Waals surface area contributed by atoms with Gasteiger partial charge in [-0.3, -0.25) is 4.21 Å². The normalized spacial score (nSPS) is 26.0. The summed E-state index contributed by atoms with van der Waals surface area (Å²) in [4.78, 5) is 0.744. The van der Waals surface area contributed by atoms with Crippen molar-refractivity contribution in [1.82, 2.24) is 0 Å². The Morgan fingerprint density at radius 2 is 2.24 bits per heavy atom. The van der Waals surface area contributed by atoms with Gasteiger partial charge in [0.2, 0.25) is 0 Å². The summed E-state index contributed by atoms with van der Waals surface area (Å²) in [6.07, 6.45) is 2.47. The number of ether oxygens (including phenoxy) is 1. The van der Waals surface area contributed by atoms with Gasteiger partial charge < -0.3 is 10.5 Å². The fourth-order valence-corrected chi connectivity index (χ4v) is 3.52. The van der Waals surface area contributed by atoms with Gasteiger partial charge in [-0.25, -0.2) is 0 Å². The van der Waals surface area contributed by atoms with Gasteiger partial charge in [0.1, 0.15) is 0 Å². The second-order valence-electron chi connectivity index (χ2n) is 4.64. The van der Waals surface area contributed by atoms with Crippen LogP contribution < -0.4 is 5.73 Å². The predicted molar refractivity (Wildman–Crippen MR) is 70.4 cm³/mol. The van der Waals surface area contributed by atoms with E-state index >= 15 is 0 Å². The molecule has 4 heteroatoms. The number of rotatable bonds is 3. The van der Waals surface area contributed by atoms with Gasteiger partial charge in [0.15, 0.2) is 0 Å². The molecule has 0 bridgehead atoms. The Hall–Kier alpha value is -0.870. The molecule has 1 heterocycles. The van der Waals surface area contributed by atoms with Crippen LogP contribution in [0.15, 0.2) is 23.1 Å². The van der Waals surface area contributed by atoms with Gasteiger partial charge in [0, 0.05) is 0 Å². The highest BCUT2D eigenvalue weighted by Gasteiger charge is 2.24. The molecule has 2 N–H and O–H groups in total. The molecule has 0 amide bonds. The zero-order chi connectivity index (χ0) is 12.4. The van der Waals surface area contributed by atoms with E-state index < -0.39 is 10.8 Å². The molecule has 3 atom stereocenters. The SMILES string of the molecule is Cc1cccc(S(=O)CC2CCC(C)O2)c1N. The monoisotopic (exact) mass is 253 g/mol. The van der Waals surface area contributed by atoms with Gasteiger partial charge >= 0.3 is 0 Å². The quantitative estimate of drug-likeness (QED) is 0.841. The third-order valence-corrected chi connectivity index (χ3v) is 4.71. The van der Waals surface area contributed by atoms with E-state index in [2.05, 4.69) is 6.92 Å². The minimum atomic E-state index is -1.06. The maximum Gasteiger partial charge on any atom is 0.0698 e. The molecular weight excluding hydrogens is 234 g/mol. The van der Waals surface area contributed by atoms with Crippen LogP contribution in [0.25, 0.3) is 0 Å². The lowest BCUT2D eigenvalue weighted by Gasteiger charge is -2.12. The summed E-state index contributed by atoms with van der Waals surface area (Å²) in [5.41, 5.74) is 7.58. The predicted octanol–water partition coefficient (Wildman–Crippen LogP) is 2.25. The van der Waals surface area contributed by atoms with E-state index in [1.807, 2.05) is 25.1 Å². The minimum absolute atomic E-state index is 0.116. The Kier molecular flexibility index (Phi) is 3.84. The molecule has 3 nitrogen and oxygen atoms in total. The smallest absolute Gasteiger partial charge is 0.0698 e. The number of anilines is 1. The van der Waals surface area contributed by atoms with Gasteiger partial charge in [-0.05, 0) is 38.3 Å². The standard InChI is InChI=1S/C13H19NO2S/c1-9-4-3-5-12(13(9)14)17(15)8-11-7-6-10(2)16-11/h3-5,10-11H,6-8,14H2,1-2H3. The molecule has 1 aromatic rings. The van der Waals surface area contributed by atoms with Gasteiger partial charge in [-0.1, -0.05) is 12.1 Å². The largest absolute Gasteiger partial charge is 0.398 e. The van der Waals surface area contributed by atoms with Crippen molar-refractivity contribution in [3.8, 4) is 0 Å².